The smallest absolute Gasteiger partial charge is 0.303 e. The first-order valence-electron chi connectivity index (χ1n) is 4.96. The molecule has 5 nitrogen and oxygen atoms in total. The summed E-state index contributed by atoms with van der Waals surface area (Å²) in [4.78, 5) is 21.1. The summed E-state index contributed by atoms with van der Waals surface area (Å²) in [6.07, 6.45) is 3.65. The van der Waals surface area contributed by atoms with Crippen LogP contribution < -0.4 is 5.76 Å². The molecule has 0 aromatic carbocycles. The number of nitrogens with zero attached hydrogens (tertiary/aromatic N) is 2. The summed E-state index contributed by atoms with van der Waals surface area (Å²) >= 11 is 0. The highest BCUT2D eigenvalue weighted by Crippen LogP contribution is 2.05. The fraction of sp³-hybridized carbons (Fsp3) is 0.500. The molecule has 88 valence electrons. The SMILES string of the molecule is Cc1noc(=O)n1C/C(F)=C\CCCC=O. The summed E-state index contributed by atoms with van der Waals surface area (Å²) in [7, 11) is 0. The van der Waals surface area contributed by atoms with Crippen molar-refractivity contribution in [3.8, 4) is 0 Å². The lowest BCUT2D eigenvalue weighted by Crippen LogP contribution is -2.16. The van der Waals surface area contributed by atoms with Gasteiger partial charge in [-0.3, -0.25) is 9.09 Å². The molecule has 0 spiro atoms. The van der Waals surface area contributed by atoms with Gasteiger partial charge >= 0.3 is 5.76 Å². The van der Waals surface area contributed by atoms with E-state index in [1.54, 1.807) is 6.92 Å². The summed E-state index contributed by atoms with van der Waals surface area (Å²) in [5.74, 6) is -0.769. The van der Waals surface area contributed by atoms with E-state index in [1.807, 2.05) is 0 Å². The minimum absolute atomic E-state index is 0.171. The van der Waals surface area contributed by atoms with Crippen LogP contribution in [0.5, 0.6) is 0 Å². The largest absolute Gasteiger partial charge is 0.441 e. The molecular weight excluding hydrogens is 215 g/mol. The first kappa shape index (κ1) is 12.4. The highest BCUT2D eigenvalue weighted by molar-refractivity contribution is 5.49. The molecule has 0 saturated heterocycles. The van der Waals surface area contributed by atoms with Gasteiger partial charge in [0.05, 0.1) is 6.54 Å². The summed E-state index contributed by atoms with van der Waals surface area (Å²) in [6, 6.07) is 0. The maximum absolute atomic E-state index is 13.3. The van der Waals surface area contributed by atoms with Crippen LogP contribution in [0, 0.1) is 6.92 Å². The topological polar surface area (TPSA) is 65.1 Å². The predicted octanol–water partition coefficient (Wildman–Crippen LogP) is 1.37. The molecule has 0 aliphatic carbocycles. The van der Waals surface area contributed by atoms with E-state index in [0.717, 1.165) is 10.9 Å². The maximum atomic E-state index is 13.3. The van der Waals surface area contributed by atoms with E-state index in [2.05, 4.69) is 9.68 Å². The predicted molar refractivity (Wildman–Crippen MR) is 54.6 cm³/mol. The summed E-state index contributed by atoms with van der Waals surface area (Å²) < 4.78 is 18.8. The molecule has 0 aliphatic rings. The Morgan fingerprint density at radius 2 is 2.31 bits per heavy atom. The Kier molecular flexibility index (Phi) is 4.63. The van der Waals surface area contributed by atoms with E-state index in [4.69, 9.17) is 0 Å². The molecule has 1 aromatic heterocycles. The second-order valence-corrected chi connectivity index (χ2v) is 3.33. The normalized spacial score (nSPS) is 11.8. The molecule has 0 aliphatic heterocycles. The standard InChI is InChI=1S/C10H13FN2O3/c1-8-12-16-10(15)13(8)7-9(11)5-3-2-4-6-14/h5-6H,2-4,7H2,1H3/b9-5+. The third kappa shape index (κ3) is 3.45. The second-order valence-electron chi connectivity index (χ2n) is 3.33. The highest BCUT2D eigenvalue weighted by Gasteiger charge is 2.07. The molecule has 1 aromatic rings. The number of hydrogen-bond donors (Lipinski definition) is 0. The second kappa shape index (κ2) is 5.99. The van der Waals surface area contributed by atoms with E-state index in [0.29, 0.717) is 25.1 Å². The van der Waals surface area contributed by atoms with Crippen molar-refractivity contribution in [3.63, 3.8) is 0 Å². The molecule has 0 N–H and O–H groups in total. The van der Waals surface area contributed by atoms with Gasteiger partial charge in [0.25, 0.3) is 0 Å². The van der Waals surface area contributed by atoms with Crippen molar-refractivity contribution in [1.29, 1.82) is 0 Å². The molecule has 6 heteroatoms. The Morgan fingerprint density at radius 3 is 2.88 bits per heavy atom. The summed E-state index contributed by atoms with van der Waals surface area (Å²) in [5, 5.41) is 3.41. The van der Waals surface area contributed by atoms with Gasteiger partial charge in [-0.25, -0.2) is 9.18 Å². The number of aldehydes is 1. The zero-order valence-electron chi connectivity index (χ0n) is 8.98. The van der Waals surface area contributed by atoms with Gasteiger partial charge in [-0.15, -0.1) is 0 Å². The van der Waals surface area contributed by atoms with Crippen LogP contribution in [0.3, 0.4) is 0 Å². The quantitative estimate of drug-likeness (QED) is 0.544. The van der Waals surface area contributed by atoms with Crippen molar-refractivity contribution < 1.29 is 13.7 Å². The van der Waals surface area contributed by atoms with Crippen LogP contribution in [-0.2, 0) is 11.3 Å². The molecular formula is C10H13FN2O3. The van der Waals surface area contributed by atoms with Crippen molar-refractivity contribution in [1.82, 2.24) is 9.72 Å². The van der Waals surface area contributed by atoms with Crippen LogP contribution in [0.2, 0.25) is 0 Å². The van der Waals surface area contributed by atoms with Gasteiger partial charge < -0.3 is 4.79 Å². The number of allylic oxidation sites excluding steroid dienone is 2. The zero-order valence-corrected chi connectivity index (χ0v) is 8.98. The van der Waals surface area contributed by atoms with E-state index in [9.17, 15) is 14.0 Å². The number of aromatic nitrogens is 2. The fourth-order valence-electron chi connectivity index (χ4n) is 1.19. The molecule has 0 atom stereocenters. The Morgan fingerprint density at radius 1 is 1.56 bits per heavy atom. The molecule has 0 fully saturated rings. The van der Waals surface area contributed by atoms with Gasteiger partial charge in [0, 0.05) is 6.42 Å². The highest BCUT2D eigenvalue weighted by atomic mass is 19.1. The van der Waals surface area contributed by atoms with Crippen molar-refractivity contribution in [2.75, 3.05) is 0 Å². The van der Waals surface area contributed by atoms with Crippen molar-refractivity contribution in [2.45, 2.75) is 32.7 Å². The molecule has 0 amide bonds. The maximum Gasteiger partial charge on any atom is 0.441 e. The van der Waals surface area contributed by atoms with Crippen molar-refractivity contribution in [2.24, 2.45) is 0 Å². The van der Waals surface area contributed by atoms with Crippen LogP contribution in [0.4, 0.5) is 4.39 Å². The van der Waals surface area contributed by atoms with Crippen LogP contribution in [0.15, 0.2) is 21.2 Å². The average Bonchev–Trinajstić information content (AvgIpc) is 2.56. The molecule has 0 bridgehead atoms. The number of rotatable bonds is 6. The van der Waals surface area contributed by atoms with Gasteiger partial charge in [0.1, 0.15) is 12.1 Å². The monoisotopic (exact) mass is 228 g/mol. The number of aryl methyl sites for hydroxylation is 1. The molecule has 1 heterocycles. The average molecular weight is 228 g/mol. The van der Waals surface area contributed by atoms with Gasteiger partial charge in [0.2, 0.25) is 0 Å². The number of carbonyl (C=O) groups excluding carboxylic acids is 1. The van der Waals surface area contributed by atoms with E-state index < -0.39 is 11.6 Å². The first-order valence-corrected chi connectivity index (χ1v) is 4.96. The Labute approximate surface area is 91.5 Å². The van der Waals surface area contributed by atoms with Crippen LogP contribution in [-0.4, -0.2) is 16.0 Å². The van der Waals surface area contributed by atoms with E-state index >= 15 is 0 Å². The van der Waals surface area contributed by atoms with E-state index in [1.165, 1.54) is 6.08 Å². The minimum atomic E-state index is -0.672. The summed E-state index contributed by atoms with van der Waals surface area (Å²) in [5.41, 5.74) is 0. The third-order valence-electron chi connectivity index (χ3n) is 2.07. The van der Waals surface area contributed by atoms with Crippen molar-refractivity contribution in [3.05, 3.63) is 28.3 Å². The Balaban J connectivity index is 2.54. The van der Waals surface area contributed by atoms with Gasteiger partial charge in [-0.2, -0.15) is 0 Å². The van der Waals surface area contributed by atoms with Crippen LogP contribution in [0.1, 0.15) is 25.1 Å². The van der Waals surface area contributed by atoms with Crippen LogP contribution >= 0.6 is 0 Å². The van der Waals surface area contributed by atoms with Crippen LogP contribution in [0.25, 0.3) is 0 Å². The lowest BCUT2D eigenvalue weighted by Gasteiger charge is -1.98. The number of carbonyl (C=O) groups is 1. The molecule has 1 rings (SSSR count). The lowest BCUT2D eigenvalue weighted by molar-refractivity contribution is -0.107. The fourth-order valence-corrected chi connectivity index (χ4v) is 1.19. The molecule has 16 heavy (non-hydrogen) atoms. The molecule has 0 unspecified atom stereocenters. The van der Waals surface area contributed by atoms with E-state index in [-0.39, 0.29) is 6.54 Å². The number of hydrogen-bond acceptors (Lipinski definition) is 4. The number of halogens is 1. The lowest BCUT2D eigenvalue weighted by atomic mass is 10.2. The minimum Gasteiger partial charge on any atom is -0.303 e. The zero-order chi connectivity index (χ0) is 12.0. The number of unbranched alkanes of at least 4 members (excludes halogenated alkanes) is 2. The van der Waals surface area contributed by atoms with Gasteiger partial charge in [-0.05, 0) is 19.8 Å². The van der Waals surface area contributed by atoms with Gasteiger partial charge in [0.15, 0.2) is 5.82 Å². The van der Waals surface area contributed by atoms with Gasteiger partial charge in [-0.1, -0.05) is 11.2 Å². The first-order chi connectivity index (χ1) is 7.65. The third-order valence-corrected chi connectivity index (χ3v) is 2.07. The molecule has 0 saturated carbocycles. The Hall–Kier alpha value is -1.72. The summed E-state index contributed by atoms with van der Waals surface area (Å²) in [6.45, 7) is 1.39. The van der Waals surface area contributed by atoms with Crippen molar-refractivity contribution >= 4 is 6.29 Å². The molecule has 0 radical (unpaired) electrons. The Bertz CT molecular complexity index is 434.